The van der Waals surface area contributed by atoms with Crippen LogP contribution in [0.2, 0.25) is 0 Å². The predicted octanol–water partition coefficient (Wildman–Crippen LogP) is 1.11. The molecule has 0 fully saturated rings. The zero-order valence-electron chi connectivity index (χ0n) is 10.1. The molecule has 0 aliphatic heterocycles. The van der Waals surface area contributed by atoms with Crippen molar-refractivity contribution in [2.45, 2.75) is 32.8 Å². The van der Waals surface area contributed by atoms with E-state index in [0.29, 0.717) is 12.3 Å². The van der Waals surface area contributed by atoms with E-state index in [2.05, 4.69) is 0 Å². The molecule has 0 amide bonds. The number of ether oxygens (including phenoxy) is 2. The second-order valence-corrected chi connectivity index (χ2v) is 3.76. The molecule has 5 nitrogen and oxygen atoms in total. The number of aliphatic hydroxyl groups is 1. The number of hydrogen-bond donors (Lipinski definition) is 1. The van der Waals surface area contributed by atoms with Gasteiger partial charge in [-0.2, -0.15) is 0 Å². The molecule has 0 saturated carbocycles. The summed E-state index contributed by atoms with van der Waals surface area (Å²) < 4.78 is 9.48. The summed E-state index contributed by atoms with van der Waals surface area (Å²) in [5.74, 6) is -2.44. The fraction of sp³-hybridized carbons (Fsp3) is 0.818. The molecule has 0 saturated heterocycles. The third kappa shape index (κ3) is 5.89. The van der Waals surface area contributed by atoms with Crippen LogP contribution in [0.4, 0.5) is 0 Å². The molecule has 17 heavy (non-hydrogen) atoms. The quantitative estimate of drug-likeness (QED) is 0.405. The summed E-state index contributed by atoms with van der Waals surface area (Å²) in [4.78, 5) is 23.1. The van der Waals surface area contributed by atoms with Gasteiger partial charge in [-0.15, -0.1) is 11.6 Å². The molecule has 0 aromatic rings. The van der Waals surface area contributed by atoms with Gasteiger partial charge in [0, 0.05) is 5.88 Å². The fourth-order valence-electron chi connectivity index (χ4n) is 1.33. The molecular formula is C11H19ClO5. The highest BCUT2D eigenvalue weighted by Crippen LogP contribution is 2.14. The molecule has 0 spiro atoms. The average molecular weight is 267 g/mol. The topological polar surface area (TPSA) is 72.8 Å². The second kappa shape index (κ2) is 9.24. The number of rotatable bonds is 8. The number of halogens is 1. The van der Waals surface area contributed by atoms with Crippen LogP contribution in [0.25, 0.3) is 0 Å². The summed E-state index contributed by atoms with van der Waals surface area (Å²) in [6, 6.07) is 0. The number of hydrogen-bond acceptors (Lipinski definition) is 5. The zero-order chi connectivity index (χ0) is 13.3. The van der Waals surface area contributed by atoms with E-state index >= 15 is 0 Å². The summed E-state index contributed by atoms with van der Waals surface area (Å²) in [7, 11) is 0. The summed E-state index contributed by atoms with van der Waals surface area (Å²) in [5.41, 5.74) is 0. The molecule has 1 N–H and O–H groups in total. The Morgan fingerprint density at radius 3 is 2.00 bits per heavy atom. The highest BCUT2D eigenvalue weighted by Gasteiger charge is 2.36. The van der Waals surface area contributed by atoms with Crippen molar-refractivity contribution in [1.29, 1.82) is 0 Å². The van der Waals surface area contributed by atoms with Gasteiger partial charge in [0.1, 0.15) is 0 Å². The van der Waals surface area contributed by atoms with Crippen molar-refractivity contribution in [3.05, 3.63) is 0 Å². The van der Waals surface area contributed by atoms with Crippen molar-refractivity contribution in [3.63, 3.8) is 0 Å². The smallest absolute Gasteiger partial charge is 0.323 e. The van der Waals surface area contributed by atoms with Crippen LogP contribution >= 0.6 is 11.6 Å². The van der Waals surface area contributed by atoms with Gasteiger partial charge in [-0.1, -0.05) is 0 Å². The Morgan fingerprint density at radius 2 is 1.65 bits per heavy atom. The molecule has 0 aromatic heterocycles. The summed E-state index contributed by atoms with van der Waals surface area (Å²) in [6.07, 6.45) is -0.351. The van der Waals surface area contributed by atoms with Gasteiger partial charge in [-0.25, -0.2) is 0 Å². The number of esters is 2. The summed E-state index contributed by atoms with van der Waals surface area (Å²) in [5, 5.41) is 9.77. The number of carbonyl (C=O) groups is 2. The first-order valence-corrected chi connectivity index (χ1v) is 6.19. The van der Waals surface area contributed by atoms with Crippen LogP contribution in [0.5, 0.6) is 0 Å². The van der Waals surface area contributed by atoms with E-state index in [1.54, 1.807) is 13.8 Å². The number of aliphatic hydroxyl groups excluding tert-OH is 1. The Hall–Kier alpha value is -0.810. The Labute approximate surface area is 106 Å². The molecule has 0 aromatic carbocycles. The van der Waals surface area contributed by atoms with Gasteiger partial charge < -0.3 is 14.6 Å². The Bertz CT molecular complexity index is 226. The number of alkyl halides is 1. The Morgan fingerprint density at radius 1 is 1.18 bits per heavy atom. The van der Waals surface area contributed by atoms with Crippen LogP contribution < -0.4 is 0 Å². The first kappa shape index (κ1) is 16.2. The SMILES string of the molecule is CCOC(=O)C(C(=O)OCC)C(O)CCCCl. The normalized spacial score (nSPS) is 12.3. The van der Waals surface area contributed by atoms with Crippen LogP contribution in [-0.2, 0) is 19.1 Å². The standard InChI is InChI=1S/C11H19ClO5/c1-3-16-10(14)9(11(15)17-4-2)8(13)6-5-7-12/h8-9,13H,3-7H2,1-2H3. The minimum atomic E-state index is -1.28. The predicted molar refractivity (Wildman–Crippen MR) is 62.7 cm³/mol. The van der Waals surface area contributed by atoms with Gasteiger partial charge in [-0.05, 0) is 26.7 Å². The molecule has 0 bridgehead atoms. The first-order valence-electron chi connectivity index (χ1n) is 5.65. The molecule has 1 unspecified atom stereocenters. The monoisotopic (exact) mass is 266 g/mol. The number of carbonyl (C=O) groups excluding carboxylic acids is 2. The minimum Gasteiger partial charge on any atom is -0.465 e. The fourth-order valence-corrected chi connectivity index (χ4v) is 1.48. The largest absolute Gasteiger partial charge is 0.465 e. The van der Waals surface area contributed by atoms with Gasteiger partial charge in [0.25, 0.3) is 0 Å². The van der Waals surface area contributed by atoms with E-state index in [4.69, 9.17) is 21.1 Å². The molecule has 1 atom stereocenters. The highest BCUT2D eigenvalue weighted by atomic mass is 35.5. The molecule has 0 radical (unpaired) electrons. The second-order valence-electron chi connectivity index (χ2n) is 3.38. The molecule has 0 aliphatic carbocycles. The van der Waals surface area contributed by atoms with Crippen LogP contribution in [-0.4, -0.2) is 42.2 Å². The van der Waals surface area contributed by atoms with Crippen molar-refractivity contribution < 1.29 is 24.2 Å². The highest BCUT2D eigenvalue weighted by molar-refractivity contribution is 6.17. The Kier molecular flexibility index (Phi) is 8.80. The summed E-state index contributed by atoms with van der Waals surface area (Å²) in [6.45, 7) is 3.56. The maximum Gasteiger partial charge on any atom is 0.323 e. The van der Waals surface area contributed by atoms with E-state index in [1.807, 2.05) is 0 Å². The first-order chi connectivity index (χ1) is 8.08. The maximum absolute atomic E-state index is 11.5. The van der Waals surface area contributed by atoms with E-state index in [0.717, 1.165) is 0 Å². The van der Waals surface area contributed by atoms with Crippen LogP contribution in [0.1, 0.15) is 26.7 Å². The van der Waals surface area contributed by atoms with Gasteiger partial charge in [0.2, 0.25) is 0 Å². The summed E-state index contributed by atoms with van der Waals surface area (Å²) >= 11 is 5.49. The Balaban J connectivity index is 4.58. The lowest BCUT2D eigenvalue weighted by molar-refractivity contribution is -0.167. The third-order valence-corrected chi connectivity index (χ3v) is 2.37. The van der Waals surface area contributed by atoms with Crippen molar-refractivity contribution in [1.82, 2.24) is 0 Å². The lowest BCUT2D eigenvalue weighted by atomic mass is 9.99. The molecule has 6 heteroatoms. The maximum atomic E-state index is 11.5. The molecule has 0 heterocycles. The zero-order valence-corrected chi connectivity index (χ0v) is 10.9. The van der Waals surface area contributed by atoms with Crippen molar-refractivity contribution in [2.75, 3.05) is 19.1 Å². The van der Waals surface area contributed by atoms with Crippen molar-refractivity contribution in [3.8, 4) is 0 Å². The molecule has 0 aliphatic rings. The lowest BCUT2D eigenvalue weighted by Crippen LogP contribution is -2.37. The van der Waals surface area contributed by atoms with Crippen LogP contribution in [0.3, 0.4) is 0 Å². The van der Waals surface area contributed by atoms with Gasteiger partial charge in [-0.3, -0.25) is 9.59 Å². The van der Waals surface area contributed by atoms with E-state index < -0.39 is 24.0 Å². The lowest BCUT2D eigenvalue weighted by Gasteiger charge is -2.19. The van der Waals surface area contributed by atoms with Crippen molar-refractivity contribution >= 4 is 23.5 Å². The molecule has 0 rings (SSSR count). The van der Waals surface area contributed by atoms with Crippen LogP contribution in [0, 0.1) is 5.92 Å². The van der Waals surface area contributed by atoms with Crippen LogP contribution in [0.15, 0.2) is 0 Å². The third-order valence-electron chi connectivity index (χ3n) is 2.10. The minimum absolute atomic E-state index is 0.150. The van der Waals surface area contributed by atoms with Gasteiger partial charge in [0.15, 0.2) is 5.92 Å². The van der Waals surface area contributed by atoms with Gasteiger partial charge in [0.05, 0.1) is 19.3 Å². The van der Waals surface area contributed by atoms with E-state index in [9.17, 15) is 14.7 Å². The molecule has 100 valence electrons. The molecular weight excluding hydrogens is 248 g/mol. The average Bonchev–Trinajstić information content (AvgIpc) is 2.27. The van der Waals surface area contributed by atoms with Gasteiger partial charge >= 0.3 is 11.9 Å². The van der Waals surface area contributed by atoms with Crippen molar-refractivity contribution in [2.24, 2.45) is 5.92 Å². The van der Waals surface area contributed by atoms with E-state index in [1.165, 1.54) is 0 Å². The van der Waals surface area contributed by atoms with E-state index in [-0.39, 0.29) is 19.6 Å².